The summed E-state index contributed by atoms with van der Waals surface area (Å²) in [5, 5.41) is 7.47. The van der Waals surface area contributed by atoms with Gasteiger partial charge in [0.1, 0.15) is 12.4 Å². The van der Waals surface area contributed by atoms with E-state index in [9.17, 15) is 0 Å². The zero-order valence-corrected chi connectivity index (χ0v) is 13.0. The van der Waals surface area contributed by atoms with Crippen molar-refractivity contribution in [2.24, 2.45) is 11.8 Å². The Morgan fingerprint density at radius 3 is 2.71 bits per heavy atom. The molecule has 0 amide bonds. The van der Waals surface area contributed by atoms with Crippen molar-refractivity contribution in [2.45, 2.75) is 31.7 Å². The van der Waals surface area contributed by atoms with Crippen LogP contribution in [0.2, 0.25) is 0 Å². The molecule has 2 bridgehead atoms. The predicted molar refractivity (Wildman–Crippen MR) is 90.7 cm³/mol. The molecular formula is C17H22N2OS. The third-order valence-corrected chi connectivity index (χ3v) is 4.75. The van der Waals surface area contributed by atoms with Crippen molar-refractivity contribution >= 4 is 23.0 Å². The van der Waals surface area contributed by atoms with Gasteiger partial charge >= 0.3 is 0 Å². The van der Waals surface area contributed by atoms with Crippen LogP contribution in [0, 0.1) is 11.8 Å². The maximum atomic E-state index is 5.46. The Balaban J connectivity index is 1.49. The molecule has 112 valence electrons. The van der Waals surface area contributed by atoms with E-state index in [0.29, 0.717) is 12.6 Å². The zero-order valence-electron chi connectivity index (χ0n) is 12.2. The molecule has 2 aliphatic rings. The van der Waals surface area contributed by atoms with E-state index in [1.807, 2.05) is 24.3 Å². The Kier molecular flexibility index (Phi) is 4.44. The number of hydrogen-bond donors (Lipinski definition) is 2. The van der Waals surface area contributed by atoms with E-state index in [4.69, 9.17) is 17.0 Å². The van der Waals surface area contributed by atoms with Crippen LogP contribution in [0.25, 0.3) is 0 Å². The number of nitrogens with one attached hydrogen (secondary N) is 2. The predicted octanol–water partition coefficient (Wildman–Crippen LogP) is 3.73. The molecule has 3 unspecified atom stereocenters. The van der Waals surface area contributed by atoms with Crippen LogP contribution >= 0.6 is 12.2 Å². The third kappa shape index (κ3) is 3.56. The first kappa shape index (κ1) is 14.4. The zero-order chi connectivity index (χ0) is 14.7. The van der Waals surface area contributed by atoms with Crippen LogP contribution in [0.1, 0.15) is 25.7 Å². The molecule has 0 spiro atoms. The largest absolute Gasteiger partial charge is 0.490 e. The molecular weight excluding hydrogens is 280 g/mol. The molecule has 3 rings (SSSR count). The first-order valence-electron chi connectivity index (χ1n) is 7.66. The lowest BCUT2D eigenvalue weighted by Crippen LogP contribution is -2.40. The molecule has 3 atom stereocenters. The Morgan fingerprint density at radius 1 is 1.29 bits per heavy atom. The SMILES string of the molecule is C=CCOc1ccc(NC(=S)NC2CC3CCC2C3)cc1. The minimum atomic E-state index is 0.525. The molecule has 2 fully saturated rings. The number of anilines is 1. The van der Waals surface area contributed by atoms with Gasteiger partial charge in [-0.3, -0.25) is 0 Å². The Hall–Kier alpha value is -1.55. The highest BCUT2D eigenvalue weighted by molar-refractivity contribution is 7.80. The van der Waals surface area contributed by atoms with Crippen LogP contribution in [0.15, 0.2) is 36.9 Å². The number of ether oxygens (including phenoxy) is 1. The van der Waals surface area contributed by atoms with E-state index in [-0.39, 0.29) is 0 Å². The second-order valence-corrected chi connectivity index (χ2v) is 6.41. The first-order valence-corrected chi connectivity index (χ1v) is 8.06. The Bertz CT molecular complexity index is 514. The quantitative estimate of drug-likeness (QED) is 0.641. The van der Waals surface area contributed by atoms with Crippen LogP contribution in [0.3, 0.4) is 0 Å². The van der Waals surface area contributed by atoms with Gasteiger partial charge in [-0.25, -0.2) is 0 Å². The lowest BCUT2D eigenvalue weighted by molar-refractivity contribution is 0.363. The summed E-state index contributed by atoms with van der Waals surface area (Å²) in [5.41, 5.74) is 0.988. The highest BCUT2D eigenvalue weighted by Gasteiger charge is 2.39. The molecule has 2 aliphatic carbocycles. The highest BCUT2D eigenvalue weighted by atomic mass is 32.1. The topological polar surface area (TPSA) is 33.3 Å². The fourth-order valence-corrected chi connectivity index (χ4v) is 3.82. The van der Waals surface area contributed by atoms with E-state index in [1.54, 1.807) is 6.08 Å². The lowest BCUT2D eigenvalue weighted by Gasteiger charge is -2.24. The number of rotatable bonds is 5. The van der Waals surface area contributed by atoms with Gasteiger partial charge in [0.25, 0.3) is 0 Å². The normalized spacial score (nSPS) is 26.4. The summed E-state index contributed by atoms with van der Waals surface area (Å²) >= 11 is 5.42. The summed E-state index contributed by atoms with van der Waals surface area (Å²) in [5.74, 6) is 2.59. The van der Waals surface area contributed by atoms with Crippen molar-refractivity contribution in [2.75, 3.05) is 11.9 Å². The summed E-state index contributed by atoms with van der Waals surface area (Å²) < 4.78 is 5.46. The molecule has 0 aromatic heterocycles. The first-order chi connectivity index (χ1) is 10.2. The number of thiocarbonyl (C=S) groups is 1. The number of benzene rings is 1. The van der Waals surface area contributed by atoms with Gasteiger partial charge < -0.3 is 15.4 Å². The van der Waals surface area contributed by atoms with E-state index < -0.39 is 0 Å². The summed E-state index contributed by atoms with van der Waals surface area (Å²) in [4.78, 5) is 0. The van der Waals surface area contributed by atoms with Gasteiger partial charge in [0.05, 0.1) is 0 Å². The third-order valence-electron chi connectivity index (χ3n) is 4.53. The average Bonchev–Trinajstić information content (AvgIpc) is 3.09. The molecule has 0 radical (unpaired) electrons. The molecule has 0 saturated heterocycles. The molecule has 1 aromatic rings. The molecule has 0 aliphatic heterocycles. The van der Waals surface area contributed by atoms with Gasteiger partial charge in [-0.05, 0) is 67.6 Å². The molecule has 2 saturated carbocycles. The minimum absolute atomic E-state index is 0.525. The smallest absolute Gasteiger partial charge is 0.171 e. The van der Waals surface area contributed by atoms with Crippen LogP contribution in [-0.2, 0) is 0 Å². The highest BCUT2D eigenvalue weighted by Crippen LogP contribution is 2.44. The second kappa shape index (κ2) is 6.48. The van der Waals surface area contributed by atoms with Crippen LogP contribution in [-0.4, -0.2) is 17.8 Å². The number of fused-ring (bicyclic) bond motifs is 2. The average molecular weight is 302 g/mol. The van der Waals surface area contributed by atoms with Gasteiger partial charge in [-0.2, -0.15) is 0 Å². The summed E-state index contributed by atoms with van der Waals surface area (Å²) in [6.45, 7) is 4.16. The van der Waals surface area contributed by atoms with Crippen molar-refractivity contribution in [3.05, 3.63) is 36.9 Å². The van der Waals surface area contributed by atoms with Crippen molar-refractivity contribution in [1.82, 2.24) is 5.32 Å². The number of hydrogen-bond acceptors (Lipinski definition) is 2. The van der Waals surface area contributed by atoms with Gasteiger partial charge in [0.2, 0.25) is 0 Å². The Labute approximate surface area is 131 Å². The molecule has 0 heterocycles. The van der Waals surface area contributed by atoms with Gasteiger partial charge in [0.15, 0.2) is 5.11 Å². The molecule has 4 heteroatoms. The lowest BCUT2D eigenvalue weighted by atomic mass is 9.96. The summed E-state index contributed by atoms with van der Waals surface area (Å²) in [6.07, 6.45) is 7.17. The molecule has 2 N–H and O–H groups in total. The van der Waals surface area contributed by atoms with E-state index in [1.165, 1.54) is 25.7 Å². The fraction of sp³-hybridized carbons (Fsp3) is 0.471. The monoisotopic (exact) mass is 302 g/mol. The van der Waals surface area contributed by atoms with Crippen molar-refractivity contribution in [3.63, 3.8) is 0 Å². The van der Waals surface area contributed by atoms with Crippen LogP contribution in [0.4, 0.5) is 5.69 Å². The summed E-state index contributed by atoms with van der Waals surface area (Å²) in [7, 11) is 0. The molecule has 21 heavy (non-hydrogen) atoms. The Morgan fingerprint density at radius 2 is 2.10 bits per heavy atom. The maximum absolute atomic E-state index is 5.46. The van der Waals surface area contributed by atoms with Crippen LogP contribution < -0.4 is 15.4 Å². The van der Waals surface area contributed by atoms with Crippen molar-refractivity contribution < 1.29 is 4.74 Å². The van der Waals surface area contributed by atoms with E-state index in [2.05, 4.69) is 17.2 Å². The minimum Gasteiger partial charge on any atom is -0.490 e. The fourth-order valence-electron chi connectivity index (χ4n) is 3.55. The van der Waals surface area contributed by atoms with E-state index >= 15 is 0 Å². The summed E-state index contributed by atoms with van der Waals surface area (Å²) in [6, 6.07) is 8.40. The van der Waals surface area contributed by atoms with Gasteiger partial charge in [0, 0.05) is 11.7 Å². The van der Waals surface area contributed by atoms with E-state index in [0.717, 1.165) is 28.4 Å². The molecule has 3 nitrogen and oxygen atoms in total. The van der Waals surface area contributed by atoms with Crippen LogP contribution in [0.5, 0.6) is 5.75 Å². The maximum Gasteiger partial charge on any atom is 0.171 e. The van der Waals surface area contributed by atoms with Crippen molar-refractivity contribution in [1.29, 1.82) is 0 Å². The van der Waals surface area contributed by atoms with Crippen molar-refractivity contribution in [3.8, 4) is 5.75 Å². The van der Waals surface area contributed by atoms with Gasteiger partial charge in [-0.15, -0.1) is 0 Å². The standard InChI is InChI=1S/C17H22N2OS/c1-2-9-20-15-7-5-14(6-8-15)18-17(21)19-16-11-12-3-4-13(16)10-12/h2,5-8,12-13,16H,1,3-4,9-11H2,(H2,18,19,21). The van der Waals surface area contributed by atoms with Gasteiger partial charge in [-0.1, -0.05) is 19.1 Å². The second-order valence-electron chi connectivity index (χ2n) is 6.00. The molecule has 1 aromatic carbocycles.